The lowest BCUT2D eigenvalue weighted by Gasteiger charge is -2.13. The van der Waals surface area contributed by atoms with Crippen molar-refractivity contribution in [1.82, 2.24) is 15.1 Å². The molecule has 2 N–H and O–H groups in total. The summed E-state index contributed by atoms with van der Waals surface area (Å²) >= 11 is 0. The summed E-state index contributed by atoms with van der Waals surface area (Å²) in [6.45, 7) is 9.82. The van der Waals surface area contributed by atoms with E-state index in [0.717, 1.165) is 30.2 Å². The molecule has 130 valence electrons. The van der Waals surface area contributed by atoms with E-state index in [4.69, 9.17) is 0 Å². The highest BCUT2D eigenvalue weighted by Crippen LogP contribution is 2.19. The van der Waals surface area contributed by atoms with Crippen molar-refractivity contribution < 1.29 is 4.79 Å². The van der Waals surface area contributed by atoms with Crippen molar-refractivity contribution in [3.8, 4) is 0 Å². The number of carbonyl (C=O) groups excluding carboxylic acids is 1. The maximum Gasteiger partial charge on any atom is 0.227 e. The van der Waals surface area contributed by atoms with Crippen molar-refractivity contribution in [3.05, 3.63) is 46.8 Å². The van der Waals surface area contributed by atoms with Crippen molar-refractivity contribution in [2.75, 3.05) is 11.9 Å². The monoisotopic (exact) mass is 328 g/mol. The number of rotatable bonds is 7. The Hall–Kier alpha value is -2.14. The lowest BCUT2D eigenvalue weighted by Crippen LogP contribution is -2.22. The molecular formula is C19H28N4O. The van der Waals surface area contributed by atoms with Crippen molar-refractivity contribution >= 4 is 11.6 Å². The lowest BCUT2D eigenvalue weighted by molar-refractivity contribution is -0.119. The summed E-state index contributed by atoms with van der Waals surface area (Å²) in [5.41, 5.74) is 5.31. The second-order valence-electron chi connectivity index (χ2n) is 6.35. The number of nitrogens with one attached hydrogen (secondary N) is 2. The van der Waals surface area contributed by atoms with E-state index < -0.39 is 0 Å². The van der Waals surface area contributed by atoms with Crippen molar-refractivity contribution in [1.29, 1.82) is 0 Å². The first-order chi connectivity index (χ1) is 11.4. The minimum Gasteiger partial charge on any atom is -0.326 e. The number of aromatic nitrogens is 2. The molecule has 1 aromatic heterocycles. The Morgan fingerprint density at radius 1 is 1.33 bits per heavy atom. The van der Waals surface area contributed by atoms with Crippen LogP contribution >= 0.6 is 0 Å². The van der Waals surface area contributed by atoms with Crippen LogP contribution in [-0.4, -0.2) is 22.2 Å². The van der Waals surface area contributed by atoms with Gasteiger partial charge in [-0.2, -0.15) is 5.10 Å². The van der Waals surface area contributed by atoms with E-state index in [0.29, 0.717) is 6.42 Å². The largest absolute Gasteiger partial charge is 0.326 e. The molecule has 1 unspecified atom stereocenters. The minimum atomic E-state index is -0.107. The van der Waals surface area contributed by atoms with Gasteiger partial charge in [-0.25, -0.2) is 0 Å². The third-order valence-electron chi connectivity index (χ3n) is 4.39. The summed E-state index contributed by atoms with van der Waals surface area (Å²) in [4.78, 5) is 12.5. The summed E-state index contributed by atoms with van der Waals surface area (Å²) in [5, 5.41) is 10.7. The van der Waals surface area contributed by atoms with Crippen LogP contribution in [0.2, 0.25) is 0 Å². The van der Waals surface area contributed by atoms with Crippen LogP contribution in [0, 0.1) is 19.8 Å². The van der Waals surface area contributed by atoms with Gasteiger partial charge in [-0.1, -0.05) is 26.0 Å². The summed E-state index contributed by atoms with van der Waals surface area (Å²) in [7, 11) is 1.94. The van der Waals surface area contributed by atoms with Gasteiger partial charge in [0.25, 0.3) is 0 Å². The van der Waals surface area contributed by atoms with Crippen LogP contribution in [0.25, 0.3) is 0 Å². The molecule has 5 nitrogen and oxygen atoms in total. The predicted molar refractivity (Wildman–Crippen MR) is 98.0 cm³/mol. The molecule has 1 amide bonds. The number of nitrogens with zero attached hydrogens (tertiary/aromatic N) is 2. The Kier molecular flexibility index (Phi) is 6.15. The average molecular weight is 328 g/mol. The molecule has 1 aromatic carbocycles. The minimum absolute atomic E-state index is 0.0400. The average Bonchev–Trinajstić information content (AvgIpc) is 2.79. The SMILES string of the molecule is CCNCc1cccc(NC(=O)C(C)Cc2c(C)nn(C)c2C)c1. The highest BCUT2D eigenvalue weighted by Gasteiger charge is 2.18. The van der Waals surface area contributed by atoms with Gasteiger partial charge >= 0.3 is 0 Å². The maximum absolute atomic E-state index is 12.5. The molecule has 0 saturated heterocycles. The number of aryl methyl sites for hydroxylation is 2. The third kappa shape index (κ3) is 4.45. The van der Waals surface area contributed by atoms with E-state index in [1.807, 2.05) is 50.7 Å². The number of hydrogen-bond donors (Lipinski definition) is 2. The smallest absolute Gasteiger partial charge is 0.227 e. The van der Waals surface area contributed by atoms with E-state index in [9.17, 15) is 4.79 Å². The topological polar surface area (TPSA) is 58.9 Å². The molecule has 0 aliphatic rings. The second kappa shape index (κ2) is 8.11. The van der Waals surface area contributed by atoms with Crippen LogP contribution in [0.4, 0.5) is 5.69 Å². The molecule has 0 spiro atoms. The Morgan fingerprint density at radius 3 is 2.71 bits per heavy atom. The van der Waals surface area contributed by atoms with Gasteiger partial charge in [0.1, 0.15) is 0 Å². The molecule has 1 heterocycles. The van der Waals surface area contributed by atoms with Gasteiger partial charge < -0.3 is 10.6 Å². The molecule has 2 rings (SSSR count). The molecule has 0 fully saturated rings. The first kappa shape index (κ1) is 18.2. The van der Waals surface area contributed by atoms with Crippen molar-refractivity contribution in [2.45, 2.75) is 40.7 Å². The van der Waals surface area contributed by atoms with Crippen LogP contribution in [-0.2, 0) is 24.8 Å². The van der Waals surface area contributed by atoms with Crippen molar-refractivity contribution in [3.63, 3.8) is 0 Å². The first-order valence-electron chi connectivity index (χ1n) is 8.52. The van der Waals surface area contributed by atoms with E-state index in [1.165, 1.54) is 11.1 Å². The quantitative estimate of drug-likeness (QED) is 0.821. The number of carbonyl (C=O) groups is 1. The van der Waals surface area contributed by atoms with Crippen LogP contribution in [0.3, 0.4) is 0 Å². The molecule has 0 saturated carbocycles. The standard InChI is InChI=1S/C19H28N4O/c1-6-20-12-16-8-7-9-17(11-16)21-19(24)13(2)10-18-14(3)22-23(5)15(18)4/h7-9,11,13,20H,6,10,12H2,1-5H3,(H,21,24). The Balaban J connectivity index is 2.01. The lowest BCUT2D eigenvalue weighted by atomic mass is 9.98. The van der Waals surface area contributed by atoms with Crippen LogP contribution in [0.1, 0.15) is 36.4 Å². The van der Waals surface area contributed by atoms with Gasteiger partial charge in [-0.3, -0.25) is 9.48 Å². The Morgan fingerprint density at radius 2 is 2.08 bits per heavy atom. The first-order valence-corrected chi connectivity index (χ1v) is 8.52. The molecule has 1 atom stereocenters. The van der Waals surface area contributed by atoms with Gasteiger partial charge in [0, 0.05) is 30.9 Å². The molecule has 24 heavy (non-hydrogen) atoms. The zero-order valence-electron chi connectivity index (χ0n) is 15.3. The van der Waals surface area contributed by atoms with Crippen LogP contribution < -0.4 is 10.6 Å². The van der Waals surface area contributed by atoms with E-state index >= 15 is 0 Å². The van der Waals surface area contributed by atoms with Gasteiger partial charge in [-0.15, -0.1) is 0 Å². The highest BCUT2D eigenvalue weighted by atomic mass is 16.1. The molecule has 5 heteroatoms. The van der Waals surface area contributed by atoms with Crippen molar-refractivity contribution in [2.24, 2.45) is 13.0 Å². The van der Waals surface area contributed by atoms with Crippen LogP contribution in [0.5, 0.6) is 0 Å². The summed E-state index contributed by atoms with van der Waals surface area (Å²) < 4.78 is 1.87. The molecule has 0 aliphatic carbocycles. The third-order valence-corrected chi connectivity index (χ3v) is 4.39. The molecule has 2 aromatic rings. The molecule has 0 bridgehead atoms. The molecule has 0 radical (unpaired) electrons. The number of amides is 1. The molecular weight excluding hydrogens is 300 g/mol. The molecule has 0 aliphatic heterocycles. The van der Waals surface area contributed by atoms with Crippen LogP contribution in [0.15, 0.2) is 24.3 Å². The Bertz CT molecular complexity index is 705. The predicted octanol–water partition coefficient (Wildman–Crippen LogP) is 2.96. The van der Waals surface area contributed by atoms with Gasteiger partial charge in [-0.05, 0) is 50.1 Å². The summed E-state index contributed by atoms with van der Waals surface area (Å²) in [6, 6.07) is 7.99. The highest BCUT2D eigenvalue weighted by molar-refractivity contribution is 5.92. The van der Waals surface area contributed by atoms with E-state index in [1.54, 1.807) is 0 Å². The zero-order chi connectivity index (χ0) is 17.7. The fourth-order valence-corrected chi connectivity index (χ4v) is 2.81. The second-order valence-corrected chi connectivity index (χ2v) is 6.35. The summed E-state index contributed by atoms with van der Waals surface area (Å²) in [6.07, 6.45) is 0.703. The summed E-state index contributed by atoms with van der Waals surface area (Å²) in [5.74, 6) is -0.0673. The zero-order valence-corrected chi connectivity index (χ0v) is 15.3. The van der Waals surface area contributed by atoms with Gasteiger partial charge in [0.05, 0.1) is 5.69 Å². The number of hydrogen-bond acceptors (Lipinski definition) is 3. The van der Waals surface area contributed by atoms with E-state index in [-0.39, 0.29) is 11.8 Å². The number of anilines is 1. The number of benzene rings is 1. The van der Waals surface area contributed by atoms with E-state index in [2.05, 4.69) is 28.7 Å². The normalized spacial score (nSPS) is 12.2. The van der Waals surface area contributed by atoms with Gasteiger partial charge in [0.15, 0.2) is 0 Å². The fraction of sp³-hybridized carbons (Fsp3) is 0.474. The van der Waals surface area contributed by atoms with Gasteiger partial charge in [0.2, 0.25) is 5.91 Å². The Labute approximate surface area is 144 Å². The fourth-order valence-electron chi connectivity index (χ4n) is 2.81. The maximum atomic E-state index is 12.5.